The number of carbonyl (C=O) groups excluding carboxylic acids is 1. The van der Waals surface area contributed by atoms with Gasteiger partial charge in [0, 0.05) is 5.54 Å². The summed E-state index contributed by atoms with van der Waals surface area (Å²) in [7, 11) is 0. The number of hydrogen-bond donors (Lipinski definition) is 3. The molecule has 6 nitrogen and oxygen atoms in total. The van der Waals surface area contributed by atoms with Gasteiger partial charge < -0.3 is 21.1 Å². The summed E-state index contributed by atoms with van der Waals surface area (Å²) < 4.78 is 5.33. The van der Waals surface area contributed by atoms with Crippen molar-refractivity contribution in [3.8, 4) is 0 Å². The third kappa shape index (κ3) is 10.9. The van der Waals surface area contributed by atoms with Crippen LogP contribution in [0.2, 0.25) is 0 Å². The van der Waals surface area contributed by atoms with Crippen LogP contribution in [0.25, 0.3) is 0 Å². The van der Waals surface area contributed by atoms with E-state index in [-0.39, 0.29) is 35.6 Å². The highest BCUT2D eigenvalue weighted by Gasteiger charge is 2.20. The minimum Gasteiger partial charge on any atom is -0.444 e. The minimum absolute atomic E-state index is 0. The summed E-state index contributed by atoms with van der Waals surface area (Å²) in [4.78, 5) is 16.4. The first kappa shape index (κ1) is 23.5. The van der Waals surface area contributed by atoms with Crippen molar-refractivity contribution >= 4 is 36.0 Å². The summed E-state index contributed by atoms with van der Waals surface area (Å²) in [6.45, 7) is 11.8. The number of benzene rings is 1. The van der Waals surface area contributed by atoms with Crippen molar-refractivity contribution in [2.45, 2.75) is 58.7 Å². The Balaban J connectivity index is 0.00000576. The summed E-state index contributed by atoms with van der Waals surface area (Å²) in [5.74, 6) is 0.342. The largest absolute Gasteiger partial charge is 0.444 e. The van der Waals surface area contributed by atoms with Gasteiger partial charge in [0.05, 0.1) is 12.6 Å². The van der Waals surface area contributed by atoms with Gasteiger partial charge in [0.15, 0.2) is 5.96 Å². The number of nitrogens with zero attached hydrogens (tertiary/aromatic N) is 1. The topological polar surface area (TPSA) is 88.7 Å². The molecule has 0 fully saturated rings. The molecule has 0 radical (unpaired) electrons. The lowest BCUT2D eigenvalue weighted by Gasteiger charge is -2.24. The lowest BCUT2D eigenvalue weighted by Crippen LogP contribution is -2.45. The maximum Gasteiger partial charge on any atom is 0.408 e. The molecule has 0 aliphatic rings. The Morgan fingerprint density at radius 1 is 1.16 bits per heavy atom. The zero-order valence-electron chi connectivity index (χ0n) is 15.9. The Kier molecular flexibility index (Phi) is 9.24. The average Bonchev–Trinajstić information content (AvgIpc) is 2.40. The summed E-state index contributed by atoms with van der Waals surface area (Å²) in [5, 5.41) is 5.96. The van der Waals surface area contributed by atoms with Crippen LogP contribution in [-0.2, 0) is 4.74 Å². The molecule has 4 N–H and O–H groups in total. The van der Waals surface area contributed by atoms with Gasteiger partial charge in [-0.2, -0.15) is 0 Å². The van der Waals surface area contributed by atoms with E-state index in [1.165, 1.54) is 0 Å². The van der Waals surface area contributed by atoms with Crippen LogP contribution in [0.5, 0.6) is 0 Å². The molecule has 0 saturated carbocycles. The highest BCUT2D eigenvalue weighted by atomic mass is 127. The summed E-state index contributed by atoms with van der Waals surface area (Å²) in [6.07, 6.45) is -0.478. The third-order valence-corrected chi connectivity index (χ3v) is 2.84. The fourth-order valence-electron chi connectivity index (χ4n) is 1.98. The van der Waals surface area contributed by atoms with E-state index < -0.39 is 11.7 Å². The normalized spacial score (nSPS) is 13.4. The number of ether oxygens (including phenoxy) is 1. The summed E-state index contributed by atoms with van der Waals surface area (Å²) >= 11 is 0. The highest BCUT2D eigenvalue weighted by Crippen LogP contribution is 2.15. The molecule has 1 amide bonds. The van der Waals surface area contributed by atoms with Gasteiger partial charge in [-0.05, 0) is 47.1 Å². The van der Waals surface area contributed by atoms with E-state index in [0.717, 1.165) is 5.56 Å². The maximum absolute atomic E-state index is 12.1. The molecule has 0 aliphatic carbocycles. The van der Waals surface area contributed by atoms with Crippen LogP contribution in [0.3, 0.4) is 0 Å². The molecule has 1 rings (SSSR count). The van der Waals surface area contributed by atoms with E-state index in [1.54, 1.807) is 0 Å². The van der Waals surface area contributed by atoms with Gasteiger partial charge in [-0.3, -0.25) is 4.99 Å². The Morgan fingerprint density at radius 2 is 1.72 bits per heavy atom. The molecule has 25 heavy (non-hydrogen) atoms. The van der Waals surface area contributed by atoms with Gasteiger partial charge in [-0.1, -0.05) is 30.3 Å². The fraction of sp³-hybridized carbons (Fsp3) is 0.556. The van der Waals surface area contributed by atoms with E-state index in [2.05, 4.69) is 15.6 Å². The number of nitrogens with one attached hydrogen (secondary N) is 2. The maximum atomic E-state index is 12.1. The number of guanidine groups is 1. The quantitative estimate of drug-likeness (QED) is 0.363. The Morgan fingerprint density at radius 3 is 2.20 bits per heavy atom. The highest BCUT2D eigenvalue weighted by molar-refractivity contribution is 14.0. The van der Waals surface area contributed by atoms with Gasteiger partial charge in [-0.15, -0.1) is 24.0 Å². The van der Waals surface area contributed by atoms with Crippen molar-refractivity contribution in [1.29, 1.82) is 0 Å². The number of carbonyl (C=O) groups is 1. The molecule has 1 unspecified atom stereocenters. The van der Waals surface area contributed by atoms with Crippen molar-refractivity contribution in [2.75, 3.05) is 6.54 Å². The van der Waals surface area contributed by atoms with Crippen LogP contribution in [0.15, 0.2) is 35.3 Å². The van der Waals surface area contributed by atoms with Gasteiger partial charge in [0.2, 0.25) is 0 Å². The van der Waals surface area contributed by atoms with Crippen molar-refractivity contribution < 1.29 is 9.53 Å². The van der Waals surface area contributed by atoms with Crippen molar-refractivity contribution in [1.82, 2.24) is 10.6 Å². The Labute approximate surface area is 168 Å². The van der Waals surface area contributed by atoms with Crippen molar-refractivity contribution in [2.24, 2.45) is 10.7 Å². The average molecular weight is 462 g/mol. The van der Waals surface area contributed by atoms with Crippen LogP contribution >= 0.6 is 24.0 Å². The molecule has 0 spiro atoms. The van der Waals surface area contributed by atoms with E-state index in [1.807, 2.05) is 71.9 Å². The number of hydrogen-bond acceptors (Lipinski definition) is 3. The molecule has 142 valence electrons. The van der Waals surface area contributed by atoms with Gasteiger partial charge in [-0.25, -0.2) is 4.79 Å². The second-order valence-corrected chi connectivity index (χ2v) is 7.71. The molecular formula is C18H31IN4O2. The Hall–Kier alpha value is -1.51. The van der Waals surface area contributed by atoms with Crippen molar-refractivity contribution in [3.05, 3.63) is 35.9 Å². The van der Waals surface area contributed by atoms with Crippen LogP contribution in [0.4, 0.5) is 4.79 Å². The number of alkyl carbamates (subject to hydrolysis) is 1. The third-order valence-electron chi connectivity index (χ3n) is 2.84. The van der Waals surface area contributed by atoms with E-state index in [0.29, 0.717) is 12.5 Å². The molecule has 7 heteroatoms. The molecule has 0 heterocycles. The predicted octanol–water partition coefficient (Wildman–Crippen LogP) is 3.57. The predicted molar refractivity (Wildman–Crippen MR) is 113 cm³/mol. The number of halogens is 1. The first-order valence-corrected chi connectivity index (χ1v) is 8.09. The second-order valence-electron chi connectivity index (χ2n) is 7.71. The molecule has 0 bridgehead atoms. The molecule has 1 aromatic rings. The molecule has 0 saturated heterocycles. The van der Waals surface area contributed by atoms with Gasteiger partial charge in [0.25, 0.3) is 0 Å². The SMILES string of the molecule is CC(C)(C)NC(N)=NCC(NC(=O)OC(C)(C)C)c1ccccc1.I. The summed E-state index contributed by atoms with van der Waals surface area (Å²) in [5.41, 5.74) is 6.13. The molecule has 0 aromatic heterocycles. The van der Waals surface area contributed by atoms with Crippen LogP contribution in [0, 0.1) is 0 Å². The lowest BCUT2D eigenvalue weighted by molar-refractivity contribution is 0.0505. The van der Waals surface area contributed by atoms with E-state index in [9.17, 15) is 4.79 Å². The smallest absolute Gasteiger partial charge is 0.408 e. The molecule has 0 aliphatic heterocycles. The fourth-order valence-corrected chi connectivity index (χ4v) is 1.98. The first-order chi connectivity index (χ1) is 11.0. The van der Waals surface area contributed by atoms with Crippen LogP contribution in [-0.4, -0.2) is 29.7 Å². The first-order valence-electron chi connectivity index (χ1n) is 8.09. The van der Waals surface area contributed by atoms with Crippen LogP contribution in [0.1, 0.15) is 53.1 Å². The van der Waals surface area contributed by atoms with Gasteiger partial charge >= 0.3 is 6.09 Å². The number of rotatable bonds is 4. The Bertz CT molecular complexity index is 563. The zero-order chi connectivity index (χ0) is 18.4. The number of amides is 1. The molecular weight excluding hydrogens is 431 g/mol. The zero-order valence-corrected chi connectivity index (χ0v) is 18.3. The van der Waals surface area contributed by atoms with E-state index in [4.69, 9.17) is 10.5 Å². The molecule has 1 aromatic carbocycles. The number of aliphatic imine (C=N–C) groups is 1. The number of nitrogens with two attached hydrogens (primary N) is 1. The lowest BCUT2D eigenvalue weighted by atomic mass is 10.1. The van der Waals surface area contributed by atoms with E-state index >= 15 is 0 Å². The summed E-state index contributed by atoms with van der Waals surface area (Å²) in [6, 6.07) is 9.31. The minimum atomic E-state index is -0.554. The van der Waals surface area contributed by atoms with Crippen molar-refractivity contribution in [3.63, 3.8) is 0 Å². The monoisotopic (exact) mass is 462 g/mol. The second kappa shape index (κ2) is 9.84. The molecule has 1 atom stereocenters. The van der Waals surface area contributed by atoms with Gasteiger partial charge in [0.1, 0.15) is 5.60 Å². The van der Waals surface area contributed by atoms with Crippen LogP contribution < -0.4 is 16.4 Å². The standard InChI is InChI=1S/C18H30N4O2.HI/c1-17(2,3)22-15(19)20-12-14(13-10-8-7-9-11-13)21-16(23)24-18(4,5)6;/h7-11,14H,12H2,1-6H3,(H,21,23)(H3,19,20,22);1H.